The van der Waals surface area contributed by atoms with Crippen LogP contribution in [0.3, 0.4) is 0 Å². The largest absolute Gasteiger partial charge is 0.481 e. The lowest BCUT2D eigenvalue weighted by Gasteiger charge is -2.17. The average molecular weight is 255 g/mol. The highest BCUT2D eigenvalue weighted by Crippen LogP contribution is 2.29. The molecule has 3 nitrogen and oxygen atoms in total. The topological polar surface area (TPSA) is 50.2 Å². The lowest BCUT2D eigenvalue weighted by Crippen LogP contribution is -2.15. The van der Waals surface area contributed by atoms with Gasteiger partial charge < -0.3 is 5.11 Å². The molecule has 0 saturated carbocycles. The Balaban J connectivity index is 2.58. The summed E-state index contributed by atoms with van der Waals surface area (Å²) in [6.07, 6.45) is 3.25. The molecule has 1 N–H and O–H groups in total. The zero-order valence-corrected chi connectivity index (χ0v) is 11.3. The SMILES string of the molecule is Cc1cc(C)c(C(C(=O)O)c2ccncc2)cc1C. The number of hydrogen-bond donors (Lipinski definition) is 1. The molecule has 98 valence electrons. The molecule has 2 rings (SSSR count). The van der Waals surface area contributed by atoms with Gasteiger partial charge in [-0.05, 0) is 60.7 Å². The van der Waals surface area contributed by atoms with Gasteiger partial charge in [-0.15, -0.1) is 0 Å². The molecule has 0 spiro atoms. The van der Waals surface area contributed by atoms with Crippen molar-refractivity contribution < 1.29 is 9.90 Å². The molecule has 1 heterocycles. The second-order valence-electron chi connectivity index (χ2n) is 4.84. The van der Waals surface area contributed by atoms with Crippen LogP contribution in [0.1, 0.15) is 33.7 Å². The lowest BCUT2D eigenvalue weighted by molar-refractivity contribution is -0.137. The highest BCUT2D eigenvalue weighted by atomic mass is 16.4. The van der Waals surface area contributed by atoms with E-state index in [1.165, 1.54) is 5.56 Å². The summed E-state index contributed by atoms with van der Waals surface area (Å²) in [5.74, 6) is -1.47. The average Bonchev–Trinajstić information content (AvgIpc) is 2.37. The number of carbonyl (C=O) groups is 1. The molecule has 1 aromatic carbocycles. The fraction of sp³-hybridized carbons (Fsp3) is 0.250. The van der Waals surface area contributed by atoms with E-state index in [2.05, 4.69) is 4.98 Å². The lowest BCUT2D eigenvalue weighted by atomic mass is 9.87. The fourth-order valence-corrected chi connectivity index (χ4v) is 2.30. The first-order valence-electron chi connectivity index (χ1n) is 6.21. The van der Waals surface area contributed by atoms with E-state index in [1.807, 2.05) is 32.9 Å². The molecule has 0 amide bonds. The van der Waals surface area contributed by atoms with Crippen molar-refractivity contribution in [3.05, 3.63) is 64.5 Å². The third-order valence-electron chi connectivity index (χ3n) is 3.48. The fourth-order valence-electron chi connectivity index (χ4n) is 2.30. The number of aliphatic carboxylic acids is 1. The normalized spacial score (nSPS) is 12.2. The summed E-state index contributed by atoms with van der Waals surface area (Å²) in [6.45, 7) is 6.00. The van der Waals surface area contributed by atoms with Gasteiger partial charge in [-0.2, -0.15) is 0 Å². The van der Waals surface area contributed by atoms with Gasteiger partial charge in [-0.1, -0.05) is 12.1 Å². The number of aromatic nitrogens is 1. The molecule has 0 aliphatic rings. The number of pyridine rings is 1. The molecule has 1 atom stereocenters. The van der Waals surface area contributed by atoms with E-state index in [9.17, 15) is 9.90 Å². The van der Waals surface area contributed by atoms with Crippen molar-refractivity contribution in [2.75, 3.05) is 0 Å². The summed E-state index contributed by atoms with van der Waals surface area (Å²) in [4.78, 5) is 15.6. The third kappa shape index (κ3) is 2.65. The quantitative estimate of drug-likeness (QED) is 0.916. The maximum Gasteiger partial charge on any atom is 0.315 e. The Morgan fingerprint density at radius 3 is 2.21 bits per heavy atom. The minimum atomic E-state index is -0.836. The predicted molar refractivity (Wildman–Crippen MR) is 74.4 cm³/mol. The minimum absolute atomic E-state index is 0.637. The van der Waals surface area contributed by atoms with Gasteiger partial charge in [0.25, 0.3) is 0 Å². The molecule has 0 saturated heterocycles. The van der Waals surface area contributed by atoms with Crippen molar-refractivity contribution in [3.63, 3.8) is 0 Å². The zero-order chi connectivity index (χ0) is 14.0. The molecule has 0 aliphatic heterocycles. The molecule has 1 aromatic heterocycles. The summed E-state index contributed by atoms with van der Waals surface area (Å²) in [5, 5.41) is 9.54. The van der Waals surface area contributed by atoms with Crippen LogP contribution in [0.5, 0.6) is 0 Å². The van der Waals surface area contributed by atoms with Gasteiger partial charge in [0.1, 0.15) is 5.92 Å². The number of aryl methyl sites for hydroxylation is 3. The van der Waals surface area contributed by atoms with Gasteiger partial charge in [0, 0.05) is 12.4 Å². The molecular weight excluding hydrogens is 238 g/mol. The van der Waals surface area contributed by atoms with Crippen LogP contribution in [-0.4, -0.2) is 16.1 Å². The second kappa shape index (κ2) is 5.22. The van der Waals surface area contributed by atoms with Crippen molar-refractivity contribution in [1.82, 2.24) is 4.98 Å². The van der Waals surface area contributed by atoms with E-state index in [4.69, 9.17) is 0 Å². The van der Waals surface area contributed by atoms with Crippen LogP contribution in [0.15, 0.2) is 36.7 Å². The second-order valence-corrected chi connectivity index (χ2v) is 4.84. The summed E-state index contributed by atoms with van der Waals surface area (Å²) in [7, 11) is 0. The summed E-state index contributed by atoms with van der Waals surface area (Å²) >= 11 is 0. The standard InChI is InChI=1S/C16H17NO2/c1-10-8-12(3)14(9-11(10)2)15(16(18)19)13-4-6-17-7-5-13/h4-9,15H,1-3H3,(H,18,19). The molecule has 19 heavy (non-hydrogen) atoms. The number of nitrogens with zero attached hydrogens (tertiary/aromatic N) is 1. The number of carboxylic acid groups (broad SMARTS) is 1. The van der Waals surface area contributed by atoms with Gasteiger partial charge in [-0.25, -0.2) is 0 Å². The number of rotatable bonds is 3. The maximum atomic E-state index is 11.6. The first-order chi connectivity index (χ1) is 9.00. The van der Waals surface area contributed by atoms with Crippen molar-refractivity contribution >= 4 is 5.97 Å². The first-order valence-corrected chi connectivity index (χ1v) is 6.21. The highest BCUT2D eigenvalue weighted by molar-refractivity contribution is 5.81. The Morgan fingerprint density at radius 1 is 1.05 bits per heavy atom. The number of benzene rings is 1. The minimum Gasteiger partial charge on any atom is -0.481 e. The van der Waals surface area contributed by atoms with Crippen LogP contribution in [-0.2, 0) is 4.79 Å². The van der Waals surface area contributed by atoms with Crippen LogP contribution >= 0.6 is 0 Å². The Bertz CT molecular complexity index is 606. The predicted octanol–water partition coefficient (Wildman–Crippen LogP) is 3.22. The van der Waals surface area contributed by atoms with E-state index in [0.29, 0.717) is 0 Å². The van der Waals surface area contributed by atoms with Crippen LogP contribution < -0.4 is 0 Å². The molecule has 0 fully saturated rings. The van der Waals surface area contributed by atoms with Crippen LogP contribution in [0.2, 0.25) is 0 Å². The van der Waals surface area contributed by atoms with E-state index in [-0.39, 0.29) is 0 Å². The molecule has 1 unspecified atom stereocenters. The monoisotopic (exact) mass is 255 g/mol. The van der Waals surface area contributed by atoms with E-state index < -0.39 is 11.9 Å². The van der Waals surface area contributed by atoms with Crippen molar-refractivity contribution in [2.45, 2.75) is 26.7 Å². The Kier molecular flexibility index (Phi) is 3.65. The summed E-state index contributed by atoms with van der Waals surface area (Å²) in [5.41, 5.74) is 4.91. The first kappa shape index (κ1) is 13.3. The summed E-state index contributed by atoms with van der Waals surface area (Å²) in [6, 6.07) is 7.53. The smallest absolute Gasteiger partial charge is 0.315 e. The number of hydrogen-bond acceptors (Lipinski definition) is 2. The van der Waals surface area contributed by atoms with E-state index in [1.54, 1.807) is 24.5 Å². The maximum absolute atomic E-state index is 11.6. The number of carboxylic acids is 1. The van der Waals surface area contributed by atoms with Crippen LogP contribution in [0.25, 0.3) is 0 Å². The van der Waals surface area contributed by atoms with Gasteiger partial charge in [0.15, 0.2) is 0 Å². The molecule has 0 bridgehead atoms. The van der Waals surface area contributed by atoms with Gasteiger partial charge in [0.05, 0.1) is 0 Å². The Morgan fingerprint density at radius 2 is 1.63 bits per heavy atom. The molecular formula is C16H17NO2. The molecule has 2 aromatic rings. The molecule has 0 aliphatic carbocycles. The van der Waals surface area contributed by atoms with Crippen molar-refractivity contribution in [3.8, 4) is 0 Å². The van der Waals surface area contributed by atoms with Crippen LogP contribution in [0, 0.1) is 20.8 Å². The van der Waals surface area contributed by atoms with Crippen molar-refractivity contribution in [2.24, 2.45) is 0 Å². The molecule has 0 radical (unpaired) electrons. The Hall–Kier alpha value is -2.16. The van der Waals surface area contributed by atoms with E-state index >= 15 is 0 Å². The van der Waals surface area contributed by atoms with Gasteiger partial charge in [0.2, 0.25) is 0 Å². The van der Waals surface area contributed by atoms with E-state index in [0.717, 1.165) is 22.3 Å². The molecule has 3 heteroatoms. The zero-order valence-electron chi connectivity index (χ0n) is 11.3. The highest BCUT2D eigenvalue weighted by Gasteiger charge is 2.24. The third-order valence-corrected chi connectivity index (χ3v) is 3.48. The van der Waals surface area contributed by atoms with Crippen molar-refractivity contribution in [1.29, 1.82) is 0 Å². The summed E-state index contributed by atoms with van der Waals surface area (Å²) < 4.78 is 0. The Labute approximate surface area is 112 Å². The van der Waals surface area contributed by atoms with Gasteiger partial charge in [-0.3, -0.25) is 9.78 Å². The van der Waals surface area contributed by atoms with Crippen LogP contribution in [0.4, 0.5) is 0 Å². The van der Waals surface area contributed by atoms with Gasteiger partial charge >= 0.3 is 5.97 Å².